The number of rotatable bonds is 3. The van der Waals surface area contributed by atoms with Crippen molar-refractivity contribution in [3.63, 3.8) is 0 Å². The zero-order valence-electron chi connectivity index (χ0n) is 10.9. The molecule has 0 radical (unpaired) electrons. The minimum Gasteiger partial charge on any atom is -0.385 e. The summed E-state index contributed by atoms with van der Waals surface area (Å²) in [5.74, 6) is 1.03. The van der Waals surface area contributed by atoms with Crippen LogP contribution in [0.4, 0.5) is 0 Å². The van der Waals surface area contributed by atoms with E-state index in [1.54, 1.807) is 12.4 Å². The van der Waals surface area contributed by atoms with Gasteiger partial charge in [0.25, 0.3) is 0 Å². The van der Waals surface area contributed by atoms with E-state index in [4.69, 9.17) is 0 Å². The molecule has 0 amide bonds. The van der Waals surface area contributed by atoms with Gasteiger partial charge in [-0.2, -0.15) is 0 Å². The first-order valence-corrected chi connectivity index (χ1v) is 6.79. The van der Waals surface area contributed by atoms with Gasteiger partial charge in [0.1, 0.15) is 0 Å². The van der Waals surface area contributed by atoms with Crippen molar-refractivity contribution in [3.8, 4) is 0 Å². The fourth-order valence-electron chi connectivity index (χ4n) is 3.31. The van der Waals surface area contributed by atoms with Crippen molar-refractivity contribution >= 4 is 0 Å². The summed E-state index contributed by atoms with van der Waals surface area (Å²) in [5.41, 5.74) is 0.236. The molecular formula is C15H23NO. The summed E-state index contributed by atoms with van der Waals surface area (Å²) in [6, 6.07) is 3.90. The molecule has 2 rings (SSSR count). The Kier molecular flexibility index (Phi) is 3.82. The van der Waals surface area contributed by atoms with Crippen LogP contribution in [0.5, 0.6) is 0 Å². The van der Waals surface area contributed by atoms with E-state index in [9.17, 15) is 5.11 Å². The monoisotopic (exact) mass is 233 g/mol. The lowest BCUT2D eigenvalue weighted by Crippen LogP contribution is -2.38. The van der Waals surface area contributed by atoms with Gasteiger partial charge in [0.15, 0.2) is 0 Å². The van der Waals surface area contributed by atoms with Crippen molar-refractivity contribution in [1.82, 2.24) is 4.98 Å². The molecule has 1 aliphatic carbocycles. The maximum Gasteiger partial charge on any atom is 0.0914 e. The van der Waals surface area contributed by atoms with Crippen LogP contribution < -0.4 is 0 Å². The highest BCUT2D eigenvalue weighted by Gasteiger charge is 2.39. The van der Waals surface area contributed by atoms with E-state index in [0.29, 0.717) is 11.8 Å². The zero-order chi connectivity index (χ0) is 12.3. The third kappa shape index (κ3) is 2.52. The summed E-state index contributed by atoms with van der Waals surface area (Å²) in [5, 5.41) is 10.9. The molecule has 1 aromatic rings. The topological polar surface area (TPSA) is 33.1 Å². The van der Waals surface area contributed by atoms with Crippen LogP contribution >= 0.6 is 0 Å². The van der Waals surface area contributed by atoms with Crippen molar-refractivity contribution in [2.45, 2.75) is 51.6 Å². The highest BCUT2D eigenvalue weighted by atomic mass is 16.3. The molecule has 0 aliphatic heterocycles. The summed E-state index contributed by atoms with van der Waals surface area (Å²) >= 11 is 0. The maximum atomic E-state index is 10.9. The molecule has 2 nitrogen and oxygen atoms in total. The lowest BCUT2D eigenvalue weighted by atomic mass is 9.68. The minimum absolute atomic E-state index is 0.380. The molecule has 0 aromatic carbocycles. The van der Waals surface area contributed by atoms with Crippen molar-refractivity contribution in [2.24, 2.45) is 11.8 Å². The van der Waals surface area contributed by atoms with Crippen LogP contribution in [0.25, 0.3) is 0 Å². The van der Waals surface area contributed by atoms with Crippen LogP contribution in [0.2, 0.25) is 0 Å². The van der Waals surface area contributed by atoms with E-state index in [1.807, 2.05) is 19.1 Å². The average molecular weight is 233 g/mol. The van der Waals surface area contributed by atoms with Crippen molar-refractivity contribution < 1.29 is 5.11 Å². The fourth-order valence-corrected chi connectivity index (χ4v) is 3.31. The average Bonchev–Trinajstić information content (AvgIpc) is 2.39. The Bertz CT molecular complexity index is 347. The van der Waals surface area contributed by atoms with Crippen molar-refractivity contribution in [1.29, 1.82) is 0 Å². The van der Waals surface area contributed by atoms with Crippen LogP contribution in [0, 0.1) is 11.8 Å². The molecule has 1 fully saturated rings. The quantitative estimate of drug-likeness (QED) is 0.866. The van der Waals surface area contributed by atoms with E-state index in [1.165, 1.54) is 25.7 Å². The first-order chi connectivity index (χ1) is 8.16. The molecule has 1 aromatic heterocycles. The third-order valence-corrected chi connectivity index (χ3v) is 4.40. The summed E-state index contributed by atoms with van der Waals surface area (Å²) < 4.78 is 0. The Morgan fingerprint density at radius 2 is 2.18 bits per heavy atom. The van der Waals surface area contributed by atoms with Gasteiger partial charge in [0, 0.05) is 18.0 Å². The molecule has 17 heavy (non-hydrogen) atoms. The summed E-state index contributed by atoms with van der Waals surface area (Å²) in [6.45, 7) is 4.20. The molecular weight excluding hydrogens is 210 g/mol. The first-order valence-electron chi connectivity index (χ1n) is 6.79. The second-order valence-corrected chi connectivity index (χ2v) is 5.45. The van der Waals surface area contributed by atoms with Gasteiger partial charge in [0.05, 0.1) is 5.60 Å². The molecule has 3 atom stereocenters. The number of hydrogen-bond donors (Lipinski definition) is 1. The second-order valence-electron chi connectivity index (χ2n) is 5.45. The number of pyridine rings is 1. The number of hydrogen-bond acceptors (Lipinski definition) is 2. The van der Waals surface area contributed by atoms with Crippen molar-refractivity contribution in [2.75, 3.05) is 0 Å². The molecule has 0 saturated heterocycles. The van der Waals surface area contributed by atoms with Gasteiger partial charge in [-0.25, -0.2) is 0 Å². The molecule has 3 unspecified atom stereocenters. The predicted octanol–water partition coefficient (Wildman–Crippen LogP) is 3.51. The molecule has 0 bridgehead atoms. The molecule has 1 N–H and O–H groups in total. The minimum atomic E-state index is -0.727. The van der Waals surface area contributed by atoms with Crippen molar-refractivity contribution in [3.05, 3.63) is 30.1 Å². The molecule has 1 saturated carbocycles. The van der Waals surface area contributed by atoms with E-state index in [0.717, 1.165) is 12.0 Å². The Labute approximate surface area is 104 Å². The third-order valence-electron chi connectivity index (χ3n) is 4.40. The fraction of sp³-hybridized carbons (Fsp3) is 0.667. The summed E-state index contributed by atoms with van der Waals surface area (Å²) in [4.78, 5) is 4.14. The van der Waals surface area contributed by atoms with Gasteiger partial charge in [-0.15, -0.1) is 0 Å². The van der Waals surface area contributed by atoms with Crippen LogP contribution in [-0.2, 0) is 5.60 Å². The number of aliphatic hydroxyl groups is 1. The lowest BCUT2D eigenvalue weighted by molar-refractivity contribution is -0.0491. The smallest absolute Gasteiger partial charge is 0.0914 e. The lowest BCUT2D eigenvalue weighted by Gasteiger charge is -2.41. The number of nitrogens with zero attached hydrogens (tertiary/aromatic N) is 1. The summed E-state index contributed by atoms with van der Waals surface area (Å²) in [6.07, 6.45) is 9.70. The predicted molar refractivity (Wildman–Crippen MR) is 69.5 cm³/mol. The normalized spacial score (nSPS) is 28.6. The maximum absolute atomic E-state index is 10.9. The Morgan fingerprint density at radius 3 is 2.82 bits per heavy atom. The Balaban J connectivity index is 2.24. The van der Waals surface area contributed by atoms with Gasteiger partial charge in [-0.05, 0) is 31.2 Å². The highest BCUT2D eigenvalue weighted by Crippen LogP contribution is 2.43. The zero-order valence-corrected chi connectivity index (χ0v) is 10.9. The molecule has 94 valence electrons. The van der Waals surface area contributed by atoms with Gasteiger partial charge in [-0.1, -0.05) is 38.7 Å². The molecule has 0 spiro atoms. The van der Waals surface area contributed by atoms with Crippen LogP contribution in [0.1, 0.15) is 51.5 Å². The van der Waals surface area contributed by atoms with E-state index in [2.05, 4.69) is 11.9 Å². The molecule has 1 aliphatic rings. The first kappa shape index (κ1) is 12.6. The van der Waals surface area contributed by atoms with E-state index in [-0.39, 0.29) is 0 Å². The summed E-state index contributed by atoms with van der Waals surface area (Å²) in [7, 11) is 0. The van der Waals surface area contributed by atoms with Gasteiger partial charge >= 0.3 is 0 Å². The van der Waals surface area contributed by atoms with Gasteiger partial charge < -0.3 is 5.11 Å². The number of aromatic nitrogens is 1. The standard InChI is InChI=1S/C15H23NO/c1-3-12-7-4-5-9-14(12)15(2,17)13-8-6-10-16-11-13/h6,8,10-12,14,17H,3-5,7,9H2,1-2H3. The van der Waals surface area contributed by atoms with Crippen LogP contribution in [0.15, 0.2) is 24.5 Å². The Morgan fingerprint density at radius 1 is 1.41 bits per heavy atom. The van der Waals surface area contributed by atoms with Gasteiger partial charge in [0.2, 0.25) is 0 Å². The highest BCUT2D eigenvalue weighted by molar-refractivity contribution is 5.18. The SMILES string of the molecule is CCC1CCCCC1C(C)(O)c1cccnc1. The van der Waals surface area contributed by atoms with Crippen LogP contribution in [0.3, 0.4) is 0 Å². The second kappa shape index (κ2) is 5.18. The molecule has 1 heterocycles. The Hall–Kier alpha value is -0.890. The molecule has 2 heteroatoms. The van der Waals surface area contributed by atoms with E-state index < -0.39 is 5.60 Å². The largest absolute Gasteiger partial charge is 0.385 e. The van der Waals surface area contributed by atoms with Gasteiger partial charge in [-0.3, -0.25) is 4.98 Å². The van der Waals surface area contributed by atoms with E-state index >= 15 is 0 Å². The van der Waals surface area contributed by atoms with Crippen LogP contribution in [-0.4, -0.2) is 10.1 Å².